The highest BCUT2D eigenvalue weighted by Crippen LogP contribution is 2.28. The van der Waals surface area contributed by atoms with Crippen molar-refractivity contribution in [2.75, 3.05) is 7.05 Å². The first-order chi connectivity index (χ1) is 9.50. The number of hydrogen-bond acceptors (Lipinski definition) is 3. The fourth-order valence-corrected chi connectivity index (χ4v) is 2.99. The Bertz CT molecular complexity index is 500. The van der Waals surface area contributed by atoms with Crippen LogP contribution in [0.5, 0.6) is 0 Å². The number of nitrogens with two attached hydrogens (primary N) is 1. The molecule has 0 radical (unpaired) electrons. The van der Waals surface area contributed by atoms with Crippen LogP contribution >= 0.6 is 12.2 Å². The van der Waals surface area contributed by atoms with Crippen LogP contribution in [-0.2, 0) is 0 Å². The maximum Gasteiger partial charge on any atom is 0.272 e. The second-order valence-electron chi connectivity index (χ2n) is 5.54. The van der Waals surface area contributed by atoms with Crippen LogP contribution in [0.15, 0.2) is 18.3 Å². The van der Waals surface area contributed by atoms with E-state index in [1.807, 2.05) is 11.9 Å². The second-order valence-corrected chi connectivity index (χ2v) is 5.98. The lowest BCUT2D eigenvalue weighted by Crippen LogP contribution is -2.42. The topological polar surface area (TPSA) is 59.2 Å². The molecule has 5 heteroatoms. The molecule has 20 heavy (non-hydrogen) atoms. The molecule has 1 aliphatic carbocycles. The average Bonchev–Trinajstić information content (AvgIpc) is 2.46. The van der Waals surface area contributed by atoms with Crippen LogP contribution in [0.3, 0.4) is 0 Å². The number of hydrogen-bond donors (Lipinski definition) is 1. The van der Waals surface area contributed by atoms with Gasteiger partial charge in [0.25, 0.3) is 5.91 Å². The lowest BCUT2D eigenvalue weighted by atomic mass is 9.85. The number of amides is 1. The molecule has 1 fully saturated rings. The van der Waals surface area contributed by atoms with Gasteiger partial charge >= 0.3 is 0 Å². The number of carbonyl (C=O) groups is 1. The van der Waals surface area contributed by atoms with Crippen LogP contribution < -0.4 is 5.73 Å². The SMILES string of the molecule is CC1CCCCC1N(C)C(=O)c1ccc(C(N)=S)cn1. The minimum atomic E-state index is -0.0294. The van der Waals surface area contributed by atoms with E-state index in [9.17, 15) is 4.79 Å². The summed E-state index contributed by atoms with van der Waals surface area (Å²) >= 11 is 4.88. The molecule has 0 saturated heterocycles. The van der Waals surface area contributed by atoms with Gasteiger partial charge in [0.2, 0.25) is 0 Å². The van der Waals surface area contributed by atoms with Gasteiger partial charge in [-0.25, -0.2) is 0 Å². The number of aromatic nitrogens is 1. The number of thiocarbonyl (C=S) groups is 1. The molecule has 2 rings (SSSR count). The van der Waals surface area contributed by atoms with Crippen molar-refractivity contribution < 1.29 is 4.79 Å². The zero-order valence-electron chi connectivity index (χ0n) is 12.0. The minimum absolute atomic E-state index is 0.0294. The summed E-state index contributed by atoms with van der Waals surface area (Å²) in [5.74, 6) is 0.520. The first kappa shape index (κ1) is 14.9. The summed E-state index contributed by atoms with van der Waals surface area (Å²) in [5.41, 5.74) is 6.67. The van der Waals surface area contributed by atoms with E-state index in [0.29, 0.717) is 28.2 Å². The standard InChI is InChI=1S/C15H21N3OS/c1-10-5-3-4-6-13(10)18(2)15(19)12-8-7-11(9-17-12)14(16)20/h7-10,13H,3-6H2,1-2H3,(H2,16,20). The van der Waals surface area contributed by atoms with Crippen LogP contribution in [0.25, 0.3) is 0 Å². The molecule has 1 aromatic heterocycles. The Kier molecular flexibility index (Phi) is 4.70. The van der Waals surface area contributed by atoms with E-state index in [0.717, 1.165) is 6.42 Å². The smallest absolute Gasteiger partial charge is 0.272 e. The Morgan fingerprint density at radius 3 is 2.65 bits per heavy atom. The molecule has 0 aromatic carbocycles. The molecule has 1 aromatic rings. The number of carbonyl (C=O) groups excluding carboxylic acids is 1. The quantitative estimate of drug-likeness (QED) is 0.869. The van der Waals surface area contributed by atoms with Crippen molar-refractivity contribution in [3.05, 3.63) is 29.6 Å². The molecule has 1 saturated carbocycles. The third-order valence-corrected chi connectivity index (χ3v) is 4.39. The second kappa shape index (κ2) is 6.31. The van der Waals surface area contributed by atoms with E-state index in [1.54, 1.807) is 18.3 Å². The van der Waals surface area contributed by atoms with Gasteiger partial charge < -0.3 is 10.6 Å². The van der Waals surface area contributed by atoms with Crippen molar-refractivity contribution >= 4 is 23.1 Å². The van der Waals surface area contributed by atoms with Crippen molar-refractivity contribution in [1.29, 1.82) is 0 Å². The molecular weight excluding hydrogens is 270 g/mol. The molecular formula is C15H21N3OS. The summed E-state index contributed by atoms with van der Waals surface area (Å²) in [6.45, 7) is 2.22. The Labute approximate surface area is 125 Å². The van der Waals surface area contributed by atoms with Gasteiger partial charge in [0.05, 0.1) is 0 Å². The lowest BCUT2D eigenvalue weighted by molar-refractivity contribution is 0.0623. The zero-order valence-corrected chi connectivity index (χ0v) is 12.8. The molecule has 108 valence electrons. The van der Waals surface area contributed by atoms with Gasteiger partial charge in [-0.15, -0.1) is 0 Å². The number of pyridine rings is 1. The van der Waals surface area contributed by atoms with Gasteiger partial charge in [-0.3, -0.25) is 9.78 Å². The van der Waals surface area contributed by atoms with Crippen LogP contribution in [0.1, 0.15) is 48.7 Å². The zero-order chi connectivity index (χ0) is 14.7. The van der Waals surface area contributed by atoms with Crippen molar-refractivity contribution in [2.24, 2.45) is 11.7 Å². The summed E-state index contributed by atoms with van der Waals surface area (Å²) in [4.78, 5) is 18.8. The maximum absolute atomic E-state index is 12.5. The fourth-order valence-electron chi connectivity index (χ4n) is 2.87. The molecule has 2 N–H and O–H groups in total. The third-order valence-electron chi connectivity index (χ3n) is 4.15. The number of rotatable bonds is 3. The van der Waals surface area contributed by atoms with Gasteiger partial charge in [-0.1, -0.05) is 32.0 Å². The molecule has 1 aliphatic rings. The normalized spacial score (nSPS) is 22.3. The summed E-state index contributed by atoms with van der Waals surface area (Å²) in [6, 6.07) is 3.76. The van der Waals surface area contributed by atoms with Crippen molar-refractivity contribution in [3.63, 3.8) is 0 Å². The molecule has 2 unspecified atom stereocenters. The Balaban J connectivity index is 2.11. The molecule has 4 nitrogen and oxygen atoms in total. The van der Waals surface area contributed by atoms with E-state index in [1.165, 1.54) is 19.3 Å². The van der Waals surface area contributed by atoms with E-state index in [2.05, 4.69) is 11.9 Å². The largest absolute Gasteiger partial charge is 0.389 e. The van der Waals surface area contributed by atoms with E-state index in [-0.39, 0.29) is 5.91 Å². The Hall–Kier alpha value is -1.49. The first-order valence-electron chi connectivity index (χ1n) is 7.03. The summed E-state index contributed by atoms with van der Waals surface area (Å²) in [6.07, 6.45) is 6.29. The highest BCUT2D eigenvalue weighted by atomic mass is 32.1. The van der Waals surface area contributed by atoms with Gasteiger partial charge in [-0.2, -0.15) is 0 Å². The van der Waals surface area contributed by atoms with Crippen LogP contribution in [0, 0.1) is 5.92 Å². The third kappa shape index (κ3) is 3.15. The van der Waals surface area contributed by atoms with Crippen LogP contribution in [0.4, 0.5) is 0 Å². The predicted octanol–water partition coefficient (Wildman–Crippen LogP) is 2.37. The Morgan fingerprint density at radius 2 is 2.10 bits per heavy atom. The van der Waals surface area contributed by atoms with Crippen molar-refractivity contribution in [1.82, 2.24) is 9.88 Å². The van der Waals surface area contributed by atoms with E-state index < -0.39 is 0 Å². The average molecular weight is 291 g/mol. The van der Waals surface area contributed by atoms with Gasteiger partial charge in [0.15, 0.2) is 0 Å². The Morgan fingerprint density at radius 1 is 1.40 bits per heavy atom. The van der Waals surface area contributed by atoms with Gasteiger partial charge in [0, 0.05) is 24.8 Å². The first-order valence-corrected chi connectivity index (χ1v) is 7.44. The number of nitrogens with zero attached hydrogens (tertiary/aromatic N) is 2. The molecule has 0 aliphatic heterocycles. The fraction of sp³-hybridized carbons (Fsp3) is 0.533. The summed E-state index contributed by atoms with van der Waals surface area (Å²) in [5, 5.41) is 0. The van der Waals surface area contributed by atoms with Crippen LogP contribution in [0.2, 0.25) is 0 Å². The van der Waals surface area contributed by atoms with Crippen LogP contribution in [-0.4, -0.2) is 33.9 Å². The molecule has 0 spiro atoms. The molecule has 2 atom stereocenters. The van der Waals surface area contributed by atoms with Gasteiger partial charge in [-0.05, 0) is 30.9 Å². The summed E-state index contributed by atoms with van der Waals surface area (Å²) < 4.78 is 0. The van der Waals surface area contributed by atoms with Crippen molar-refractivity contribution in [3.8, 4) is 0 Å². The van der Waals surface area contributed by atoms with Gasteiger partial charge in [0.1, 0.15) is 10.7 Å². The summed E-state index contributed by atoms with van der Waals surface area (Å²) in [7, 11) is 1.87. The molecule has 1 amide bonds. The highest BCUT2D eigenvalue weighted by molar-refractivity contribution is 7.80. The molecule has 1 heterocycles. The van der Waals surface area contributed by atoms with Crippen molar-refractivity contribution in [2.45, 2.75) is 38.6 Å². The van der Waals surface area contributed by atoms with E-state index >= 15 is 0 Å². The minimum Gasteiger partial charge on any atom is -0.389 e. The van der Waals surface area contributed by atoms with E-state index in [4.69, 9.17) is 18.0 Å². The predicted molar refractivity (Wildman–Crippen MR) is 83.6 cm³/mol. The highest BCUT2D eigenvalue weighted by Gasteiger charge is 2.28. The lowest BCUT2D eigenvalue weighted by Gasteiger charge is -2.36. The monoisotopic (exact) mass is 291 g/mol. The molecule has 0 bridgehead atoms. The maximum atomic E-state index is 12.5.